The van der Waals surface area contributed by atoms with Gasteiger partial charge in [-0.25, -0.2) is 0 Å². The van der Waals surface area contributed by atoms with Crippen molar-refractivity contribution in [1.29, 1.82) is 0 Å². The summed E-state index contributed by atoms with van der Waals surface area (Å²) in [5.74, 6) is 0.847. The van der Waals surface area contributed by atoms with E-state index in [1.807, 2.05) is 11.8 Å². The number of ether oxygens (including phenoxy) is 1. The third kappa shape index (κ3) is 4.28. The number of methoxy groups -OCH3 is 1. The second-order valence-electron chi connectivity index (χ2n) is 5.27. The molecule has 0 aliphatic carbocycles. The van der Waals surface area contributed by atoms with Crippen molar-refractivity contribution in [1.82, 2.24) is 10.2 Å². The number of hydrogen-bond acceptors (Lipinski definition) is 3. The van der Waals surface area contributed by atoms with Crippen molar-refractivity contribution in [2.24, 2.45) is 5.92 Å². The number of rotatable bonds is 7. The monoisotopic (exact) mass is 242 g/mol. The minimum absolute atomic E-state index is 0.0267. The fourth-order valence-electron chi connectivity index (χ4n) is 2.29. The molecule has 1 N–H and O–H groups in total. The molecule has 0 aromatic heterocycles. The molecule has 100 valence electrons. The van der Waals surface area contributed by atoms with E-state index in [1.54, 1.807) is 7.11 Å². The van der Waals surface area contributed by atoms with Crippen LogP contribution in [-0.2, 0) is 9.53 Å². The predicted molar refractivity (Wildman–Crippen MR) is 68.7 cm³/mol. The van der Waals surface area contributed by atoms with E-state index in [0.29, 0.717) is 5.92 Å². The molecule has 1 saturated heterocycles. The van der Waals surface area contributed by atoms with Crippen LogP contribution in [0.4, 0.5) is 0 Å². The molecule has 1 fully saturated rings. The highest BCUT2D eigenvalue weighted by molar-refractivity contribution is 5.83. The molecular weight excluding hydrogens is 216 g/mol. The number of hydrogen-bond donors (Lipinski definition) is 1. The van der Waals surface area contributed by atoms with Gasteiger partial charge in [0.1, 0.15) is 0 Å². The molecule has 0 aromatic carbocycles. The first-order valence-corrected chi connectivity index (χ1v) is 6.61. The van der Waals surface area contributed by atoms with Crippen molar-refractivity contribution in [3.63, 3.8) is 0 Å². The highest BCUT2D eigenvalue weighted by atomic mass is 16.5. The molecule has 0 radical (unpaired) electrons. The lowest BCUT2D eigenvalue weighted by Crippen LogP contribution is -2.39. The molecule has 1 amide bonds. The summed E-state index contributed by atoms with van der Waals surface area (Å²) in [5, 5.41) is 3.37. The van der Waals surface area contributed by atoms with Crippen LogP contribution in [0.5, 0.6) is 0 Å². The zero-order valence-corrected chi connectivity index (χ0v) is 11.5. The lowest BCUT2D eigenvalue weighted by atomic mass is 10.1. The first kappa shape index (κ1) is 14.5. The number of nitrogens with one attached hydrogen (secondary N) is 1. The number of unbranched alkanes of at least 4 members (excludes halogenated alkanes) is 1. The van der Waals surface area contributed by atoms with E-state index < -0.39 is 0 Å². The smallest absolute Gasteiger partial charge is 0.240 e. The van der Waals surface area contributed by atoms with Gasteiger partial charge in [-0.3, -0.25) is 10.1 Å². The zero-order valence-electron chi connectivity index (χ0n) is 11.5. The van der Waals surface area contributed by atoms with E-state index in [0.717, 1.165) is 32.4 Å². The Morgan fingerprint density at radius 2 is 2.12 bits per heavy atom. The molecule has 0 bridgehead atoms. The summed E-state index contributed by atoms with van der Waals surface area (Å²) in [6.07, 6.45) is 3.28. The Bertz CT molecular complexity index is 244. The Morgan fingerprint density at radius 3 is 2.71 bits per heavy atom. The second kappa shape index (κ2) is 6.97. The highest BCUT2D eigenvalue weighted by Crippen LogP contribution is 2.18. The summed E-state index contributed by atoms with van der Waals surface area (Å²) in [6.45, 7) is 7.96. The highest BCUT2D eigenvalue weighted by Gasteiger charge is 2.35. The summed E-state index contributed by atoms with van der Waals surface area (Å²) in [5.41, 5.74) is 0. The molecule has 4 heteroatoms. The molecule has 0 aromatic rings. The molecule has 2 atom stereocenters. The van der Waals surface area contributed by atoms with Crippen molar-refractivity contribution >= 4 is 5.91 Å². The number of carbonyl (C=O) groups excluding carboxylic acids is 1. The van der Waals surface area contributed by atoms with E-state index in [9.17, 15) is 4.79 Å². The van der Waals surface area contributed by atoms with Crippen LogP contribution in [-0.4, -0.2) is 43.3 Å². The Balaban J connectivity index is 2.43. The van der Waals surface area contributed by atoms with Gasteiger partial charge < -0.3 is 9.64 Å². The minimum Gasteiger partial charge on any atom is -0.385 e. The van der Waals surface area contributed by atoms with Crippen molar-refractivity contribution < 1.29 is 9.53 Å². The van der Waals surface area contributed by atoms with Crippen molar-refractivity contribution in [2.45, 2.75) is 52.2 Å². The third-order valence-corrected chi connectivity index (χ3v) is 3.16. The number of carbonyl (C=O) groups is 1. The molecule has 1 aliphatic rings. The van der Waals surface area contributed by atoms with E-state index in [4.69, 9.17) is 4.74 Å². The average molecular weight is 242 g/mol. The van der Waals surface area contributed by atoms with Crippen LogP contribution in [0.3, 0.4) is 0 Å². The maximum absolute atomic E-state index is 12.0. The SMILES string of the molecule is COCCCCN1C(=O)C(C)NC1CC(C)C. The van der Waals surface area contributed by atoms with Gasteiger partial charge in [0.15, 0.2) is 0 Å². The van der Waals surface area contributed by atoms with Crippen LogP contribution in [0.1, 0.15) is 40.0 Å². The van der Waals surface area contributed by atoms with Crippen LogP contribution < -0.4 is 5.32 Å². The largest absolute Gasteiger partial charge is 0.385 e. The summed E-state index contributed by atoms with van der Waals surface area (Å²) >= 11 is 0. The quantitative estimate of drug-likeness (QED) is 0.690. The van der Waals surface area contributed by atoms with Gasteiger partial charge in [0.05, 0.1) is 12.2 Å². The fraction of sp³-hybridized carbons (Fsp3) is 0.923. The average Bonchev–Trinajstić information content (AvgIpc) is 2.50. The van der Waals surface area contributed by atoms with Gasteiger partial charge >= 0.3 is 0 Å². The Labute approximate surface area is 105 Å². The van der Waals surface area contributed by atoms with E-state index in [-0.39, 0.29) is 18.1 Å². The van der Waals surface area contributed by atoms with Gasteiger partial charge in [-0.05, 0) is 32.1 Å². The molecule has 1 aliphatic heterocycles. The van der Waals surface area contributed by atoms with E-state index in [2.05, 4.69) is 19.2 Å². The van der Waals surface area contributed by atoms with Crippen LogP contribution in [0.2, 0.25) is 0 Å². The summed E-state index contributed by atoms with van der Waals surface area (Å²) in [4.78, 5) is 14.0. The van der Waals surface area contributed by atoms with Crippen LogP contribution >= 0.6 is 0 Å². The third-order valence-electron chi connectivity index (χ3n) is 3.16. The van der Waals surface area contributed by atoms with E-state index in [1.165, 1.54) is 0 Å². The first-order valence-electron chi connectivity index (χ1n) is 6.61. The Kier molecular flexibility index (Phi) is 5.92. The number of amides is 1. The van der Waals surface area contributed by atoms with Crippen LogP contribution in [0.25, 0.3) is 0 Å². The van der Waals surface area contributed by atoms with Gasteiger partial charge in [0, 0.05) is 20.3 Å². The van der Waals surface area contributed by atoms with Gasteiger partial charge in [-0.1, -0.05) is 13.8 Å². The van der Waals surface area contributed by atoms with Crippen molar-refractivity contribution in [3.05, 3.63) is 0 Å². The first-order chi connectivity index (χ1) is 8.06. The lowest BCUT2D eigenvalue weighted by molar-refractivity contribution is -0.130. The molecule has 2 unspecified atom stereocenters. The van der Waals surface area contributed by atoms with Gasteiger partial charge in [0.25, 0.3) is 0 Å². The minimum atomic E-state index is -0.0267. The van der Waals surface area contributed by atoms with Crippen LogP contribution in [0.15, 0.2) is 0 Å². The topological polar surface area (TPSA) is 41.6 Å². The molecular formula is C13H26N2O2. The Morgan fingerprint density at radius 1 is 1.41 bits per heavy atom. The maximum atomic E-state index is 12.0. The normalized spacial score (nSPS) is 25.0. The molecule has 0 saturated carbocycles. The molecule has 17 heavy (non-hydrogen) atoms. The van der Waals surface area contributed by atoms with Gasteiger partial charge in [-0.15, -0.1) is 0 Å². The van der Waals surface area contributed by atoms with E-state index >= 15 is 0 Å². The lowest BCUT2D eigenvalue weighted by Gasteiger charge is -2.25. The number of nitrogens with zero attached hydrogens (tertiary/aromatic N) is 1. The Hall–Kier alpha value is -0.610. The predicted octanol–water partition coefficient (Wildman–Crippen LogP) is 1.61. The van der Waals surface area contributed by atoms with Crippen molar-refractivity contribution in [2.75, 3.05) is 20.3 Å². The fourth-order valence-corrected chi connectivity index (χ4v) is 2.29. The standard InChI is InChI=1S/C13H26N2O2/c1-10(2)9-12-14-11(3)13(16)15(12)7-5-6-8-17-4/h10-12,14H,5-9H2,1-4H3. The van der Waals surface area contributed by atoms with Gasteiger partial charge in [0.2, 0.25) is 5.91 Å². The summed E-state index contributed by atoms with van der Waals surface area (Å²) < 4.78 is 5.03. The van der Waals surface area contributed by atoms with Crippen LogP contribution in [0, 0.1) is 5.92 Å². The second-order valence-corrected chi connectivity index (χ2v) is 5.27. The van der Waals surface area contributed by atoms with Crippen molar-refractivity contribution in [3.8, 4) is 0 Å². The maximum Gasteiger partial charge on any atom is 0.240 e. The molecule has 0 spiro atoms. The van der Waals surface area contributed by atoms with Gasteiger partial charge in [-0.2, -0.15) is 0 Å². The zero-order chi connectivity index (χ0) is 12.8. The summed E-state index contributed by atoms with van der Waals surface area (Å²) in [7, 11) is 1.71. The molecule has 4 nitrogen and oxygen atoms in total. The summed E-state index contributed by atoms with van der Waals surface area (Å²) in [6, 6.07) is -0.0267. The molecule has 1 heterocycles. The molecule has 1 rings (SSSR count).